The van der Waals surface area contributed by atoms with Crippen LogP contribution in [0.4, 0.5) is 0 Å². The van der Waals surface area contributed by atoms with Gasteiger partial charge in [0, 0.05) is 31.3 Å². The minimum atomic E-state index is -0.0412. The first kappa shape index (κ1) is 12.3. The van der Waals surface area contributed by atoms with Crippen LogP contribution in [-0.4, -0.2) is 15.9 Å². The number of hydrogen-bond acceptors (Lipinski definition) is 4. The van der Waals surface area contributed by atoms with Gasteiger partial charge in [0.15, 0.2) is 5.58 Å². The van der Waals surface area contributed by atoms with Crippen LogP contribution in [0.3, 0.4) is 0 Å². The molecule has 0 spiro atoms. The molecule has 0 aliphatic rings. The van der Waals surface area contributed by atoms with Crippen molar-refractivity contribution in [3.05, 3.63) is 48.3 Å². The van der Waals surface area contributed by atoms with Crippen LogP contribution in [0.25, 0.3) is 22.6 Å². The summed E-state index contributed by atoms with van der Waals surface area (Å²) in [5.74, 6) is 0.527. The summed E-state index contributed by atoms with van der Waals surface area (Å²) >= 11 is 0. The van der Waals surface area contributed by atoms with E-state index in [-0.39, 0.29) is 5.91 Å². The van der Waals surface area contributed by atoms with Crippen LogP contribution in [0.5, 0.6) is 0 Å². The summed E-state index contributed by atoms with van der Waals surface area (Å²) in [6.45, 7) is 2.02. The standard InChI is InChI=1S/C15H13N3O2/c1-10(19)17-8-11-2-4-12(5-3-11)15-18-13-9-16-7-6-14(13)20-15/h2-7,9H,8H2,1H3,(H,17,19). The number of pyridine rings is 1. The molecule has 0 fully saturated rings. The second-order valence-electron chi connectivity index (χ2n) is 4.47. The highest BCUT2D eigenvalue weighted by molar-refractivity contribution is 5.75. The van der Waals surface area contributed by atoms with E-state index in [0.717, 1.165) is 22.2 Å². The Labute approximate surface area is 115 Å². The van der Waals surface area contributed by atoms with Gasteiger partial charge in [-0.15, -0.1) is 0 Å². The molecule has 0 unspecified atom stereocenters. The normalized spacial score (nSPS) is 10.7. The fourth-order valence-corrected chi connectivity index (χ4v) is 1.90. The molecule has 20 heavy (non-hydrogen) atoms. The molecule has 0 aliphatic heterocycles. The molecule has 1 N–H and O–H groups in total. The monoisotopic (exact) mass is 267 g/mol. The number of nitrogens with one attached hydrogen (secondary N) is 1. The first-order valence-corrected chi connectivity index (χ1v) is 6.27. The van der Waals surface area contributed by atoms with E-state index in [1.807, 2.05) is 24.3 Å². The Morgan fingerprint density at radius 3 is 2.75 bits per heavy atom. The number of fused-ring (bicyclic) bond motifs is 1. The van der Waals surface area contributed by atoms with E-state index in [1.165, 1.54) is 6.92 Å². The molecule has 3 aromatic rings. The fraction of sp³-hybridized carbons (Fsp3) is 0.133. The second-order valence-corrected chi connectivity index (χ2v) is 4.47. The Kier molecular flexibility index (Phi) is 3.16. The average Bonchev–Trinajstić information content (AvgIpc) is 2.89. The van der Waals surface area contributed by atoms with Crippen LogP contribution >= 0.6 is 0 Å². The van der Waals surface area contributed by atoms with Crippen molar-refractivity contribution in [1.29, 1.82) is 0 Å². The Hall–Kier alpha value is -2.69. The fourth-order valence-electron chi connectivity index (χ4n) is 1.90. The Morgan fingerprint density at radius 1 is 1.25 bits per heavy atom. The second kappa shape index (κ2) is 5.13. The smallest absolute Gasteiger partial charge is 0.227 e. The topological polar surface area (TPSA) is 68.0 Å². The van der Waals surface area contributed by atoms with E-state index < -0.39 is 0 Å². The minimum Gasteiger partial charge on any atom is -0.436 e. The number of rotatable bonds is 3. The highest BCUT2D eigenvalue weighted by Crippen LogP contribution is 2.23. The van der Waals surface area contributed by atoms with Crippen molar-refractivity contribution in [2.45, 2.75) is 13.5 Å². The van der Waals surface area contributed by atoms with E-state index in [2.05, 4.69) is 15.3 Å². The van der Waals surface area contributed by atoms with Crippen molar-refractivity contribution in [2.24, 2.45) is 0 Å². The lowest BCUT2D eigenvalue weighted by Gasteiger charge is -2.02. The van der Waals surface area contributed by atoms with E-state index in [0.29, 0.717) is 12.4 Å². The molecule has 3 rings (SSSR count). The van der Waals surface area contributed by atoms with Crippen LogP contribution in [0, 0.1) is 0 Å². The van der Waals surface area contributed by atoms with Crippen molar-refractivity contribution in [2.75, 3.05) is 0 Å². The molecule has 100 valence electrons. The first-order chi connectivity index (χ1) is 9.72. The first-order valence-electron chi connectivity index (χ1n) is 6.27. The maximum atomic E-state index is 10.9. The van der Waals surface area contributed by atoms with Gasteiger partial charge in [-0.05, 0) is 17.7 Å². The van der Waals surface area contributed by atoms with Gasteiger partial charge in [0.25, 0.3) is 0 Å². The quantitative estimate of drug-likeness (QED) is 0.791. The van der Waals surface area contributed by atoms with Gasteiger partial charge in [-0.25, -0.2) is 4.98 Å². The molecular weight excluding hydrogens is 254 g/mol. The maximum absolute atomic E-state index is 10.9. The molecule has 5 heteroatoms. The Morgan fingerprint density at radius 2 is 2.05 bits per heavy atom. The van der Waals surface area contributed by atoms with Gasteiger partial charge < -0.3 is 9.73 Å². The maximum Gasteiger partial charge on any atom is 0.227 e. The highest BCUT2D eigenvalue weighted by atomic mass is 16.3. The molecule has 1 aromatic carbocycles. The van der Waals surface area contributed by atoms with Crippen molar-refractivity contribution in [3.63, 3.8) is 0 Å². The lowest BCUT2D eigenvalue weighted by atomic mass is 10.1. The number of hydrogen-bond donors (Lipinski definition) is 1. The number of benzene rings is 1. The van der Waals surface area contributed by atoms with Gasteiger partial charge >= 0.3 is 0 Å². The van der Waals surface area contributed by atoms with Gasteiger partial charge in [-0.3, -0.25) is 9.78 Å². The third-order valence-electron chi connectivity index (χ3n) is 2.93. The van der Waals surface area contributed by atoms with Crippen molar-refractivity contribution in [1.82, 2.24) is 15.3 Å². The number of oxazole rings is 1. The summed E-state index contributed by atoms with van der Waals surface area (Å²) < 4.78 is 5.67. The predicted octanol–water partition coefficient (Wildman–Crippen LogP) is 2.53. The van der Waals surface area contributed by atoms with Crippen molar-refractivity contribution < 1.29 is 9.21 Å². The van der Waals surface area contributed by atoms with Gasteiger partial charge in [-0.2, -0.15) is 0 Å². The molecule has 2 heterocycles. The van der Waals surface area contributed by atoms with Crippen LogP contribution in [-0.2, 0) is 11.3 Å². The number of aromatic nitrogens is 2. The molecule has 0 atom stereocenters. The zero-order chi connectivity index (χ0) is 13.9. The van der Waals surface area contributed by atoms with E-state index >= 15 is 0 Å². The van der Waals surface area contributed by atoms with Gasteiger partial charge in [0.2, 0.25) is 11.8 Å². The SMILES string of the molecule is CC(=O)NCc1ccc(-c2nc3cnccc3o2)cc1. The molecule has 0 bridgehead atoms. The lowest BCUT2D eigenvalue weighted by Crippen LogP contribution is -2.18. The predicted molar refractivity (Wildman–Crippen MR) is 74.8 cm³/mol. The zero-order valence-electron chi connectivity index (χ0n) is 11.0. The summed E-state index contributed by atoms with van der Waals surface area (Å²) in [5, 5.41) is 2.76. The summed E-state index contributed by atoms with van der Waals surface area (Å²) in [6, 6.07) is 9.53. The molecule has 0 saturated carbocycles. The van der Waals surface area contributed by atoms with Gasteiger partial charge in [-0.1, -0.05) is 12.1 Å². The Bertz CT molecular complexity index is 714. The average molecular weight is 267 g/mol. The molecule has 1 amide bonds. The highest BCUT2D eigenvalue weighted by Gasteiger charge is 2.07. The van der Waals surface area contributed by atoms with E-state index in [4.69, 9.17) is 4.42 Å². The zero-order valence-corrected chi connectivity index (χ0v) is 11.0. The molecule has 0 radical (unpaired) electrons. The van der Waals surface area contributed by atoms with E-state index in [1.54, 1.807) is 18.5 Å². The number of amides is 1. The van der Waals surface area contributed by atoms with Crippen LogP contribution in [0.2, 0.25) is 0 Å². The molecule has 2 aromatic heterocycles. The number of carbonyl (C=O) groups is 1. The summed E-state index contributed by atoms with van der Waals surface area (Å²) in [6.07, 6.45) is 3.35. The lowest BCUT2D eigenvalue weighted by molar-refractivity contribution is -0.119. The molecule has 0 aliphatic carbocycles. The number of nitrogens with zero attached hydrogens (tertiary/aromatic N) is 2. The number of carbonyl (C=O) groups excluding carboxylic acids is 1. The Balaban J connectivity index is 1.85. The van der Waals surface area contributed by atoms with Crippen molar-refractivity contribution in [3.8, 4) is 11.5 Å². The summed E-state index contributed by atoms with van der Waals surface area (Å²) in [5.41, 5.74) is 3.39. The van der Waals surface area contributed by atoms with Gasteiger partial charge in [0.05, 0.1) is 6.20 Å². The molecule has 5 nitrogen and oxygen atoms in total. The van der Waals surface area contributed by atoms with Crippen molar-refractivity contribution >= 4 is 17.0 Å². The van der Waals surface area contributed by atoms with Crippen LogP contribution in [0.15, 0.2) is 47.1 Å². The summed E-state index contributed by atoms with van der Waals surface area (Å²) in [4.78, 5) is 19.3. The molecule has 0 saturated heterocycles. The third-order valence-corrected chi connectivity index (χ3v) is 2.93. The third kappa shape index (κ3) is 2.51. The summed E-state index contributed by atoms with van der Waals surface area (Å²) in [7, 11) is 0. The van der Waals surface area contributed by atoms with E-state index in [9.17, 15) is 4.79 Å². The van der Waals surface area contributed by atoms with Crippen LogP contribution < -0.4 is 5.32 Å². The largest absolute Gasteiger partial charge is 0.436 e. The van der Waals surface area contributed by atoms with Gasteiger partial charge in [0.1, 0.15) is 5.52 Å². The van der Waals surface area contributed by atoms with Crippen LogP contribution in [0.1, 0.15) is 12.5 Å². The minimum absolute atomic E-state index is 0.0412. The molecular formula is C15H13N3O2.